The predicted octanol–water partition coefficient (Wildman–Crippen LogP) is 3.84. The van der Waals surface area contributed by atoms with Gasteiger partial charge in [0.15, 0.2) is 5.11 Å². The number of hydrogen-bond donors (Lipinski definition) is 2. The second-order valence-corrected chi connectivity index (χ2v) is 8.11. The standard InChI is InChI=1S/C22H24BrN3O4S/c1-2-11-30-19-8-7-15(14-17(19)23)20(27)25-22(31)24-18-6-4-3-5-16(18)21(28)26-9-12-29-13-10-26/h3-8,14H,2,9-13H2,1H3,(H2,24,25,27,31). The van der Waals surface area contributed by atoms with Crippen LogP contribution in [-0.2, 0) is 4.74 Å². The van der Waals surface area contributed by atoms with E-state index in [1.54, 1.807) is 47.4 Å². The molecule has 0 aromatic heterocycles. The molecule has 0 aliphatic carbocycles. The number of hydrogen-bond acceptors (Lipinski definition) is 5. The molecule has 164 valence electrons. The molecule has 1 aliphatic rings. The Labute approximate surface area is 195 Å². The number of morpholine rings is 1. The SMILES string of the molecule is CCCOc1ccc(C(=O)NC(=S)Nc2ccccc2C(=O)N2CCOCC2)cc1Br. The van der Waals surface area contributed by atoms with Gasteiger partial charge in [-0.25, -0.2) is 0 Å². The number of carbonyl (C=O) groups is 2. The summed E-state index contributed by atoms with van der Waals surface area (Å²) >= 11 is 8.73. The Morgan fingerprint density at radius 2 is 1.94 bits per heavy atom. The lowest BCUT2D eigenvalue weighted by atomic mass is 10.1. The molecule has 2 N–H and O–H groups in total. The third-order valence-corrected chi connectivity index (χ3v) is 5.41. The van der Waals surface area contributed by atoms with Crippen molar-refractivity contribution in [3.8, 4) is 5.75 Å². The number of nitrogens with zero attached hydrogens (tertiary/aromatic N) is 1. The summed E-state index contributed by atoms with van der Waals surface area (Å²) in [6, 6.07) is 12.2. The van der Waals surface area contributed by atoms with Gasteiger partial charge in [-0.15, -0.1) is 0 Å². The van der Waals surface area contributed by atoms with E-state index in [1.807, 2.05) is 6.92 Å². The molecule has 0 saturated carbocycles. The van der Waals surface area contributed by atoms with E-state index in [-0.39, 0.29) is 16.9 Å². The van der Waals surface area contributed by atoms with Crippen molar-refractivity contribution in [1.82, 2.24) is 10.2 Å². The van der Waals surface area contributed by atoms with Crippen LogP contribution in [0.2, 0.25) is 0 Å². The van der Waals surface area contributed by atoms with Gasteiger partial charge in [0.25, 0.3) is 11.8 Å². The Hall–Kier alpha value is -2.49. The van der Waals surface area contributed by atoms with Crippen molar-refractivity contribution in [2.24, 2.45) is 0 Å². The van der Waals surface area contributed by atoms with E-state index in [2.05, 4.69) is 26.6 Å². The summed E-state index contributed by atoms with van der Waals surface area (Å²) in [6.45, 7) is 4.75. The van der Waals surface area contributed by atoms with Crippen LogP contribution in [0.15, 0.2) is 46.9 Å². The number of rotatable bonds is 6. The smallest absolute Gasteiger partial charge is 0.257 e. The Morgan fingerprint density at radius 3 is 2.65 bits per heavy atom. The van der Waals surface area contributed by atoms with Crippen molar-refractivity contribution >= 4 is 50.8 Å². The van der Waals surface area contributed by atoms with Crippen LogP contribution in [0.5, 0.6) is 5.75 Å². The first kappa shape index (κ1) is 23.2. The predicted molar refractivity (Wildman–Crippen MR) is 127 cm³/mol. The summed E-state index contributed by atoms with van der Waals surface area (Å²) in [5.41, 5.74) is 1.45. The highest BCUT2D eigenvalue weighted by molar-refractivity contribution is 9.10. The summed E-state index contributed by atoms with van der Waals surface area (Å²) in [4.78, 5) is 27.2. The number of para-hydroxylation sites is 1. The first-order chi connectivity index (χ1) is 15.0. The Kier molecular flexibility index (Phi) is 8.39. The molecule has 1 saturated heterocycles. The number of amides is 2. The minimum absolute atomic E-state index is 0.105. The minimum atomic E-state index is -0.364. The van der Waals surface area contributed by atoms with Crippen LogP contribution in [0.3, 0.4) is 0 Å². The van der Waals surface area contributed by atoms with E-state index in [0.717, 1.165) is 6.42 Å². The zero-order chi connectivity index (χ0) is 22.2. The third-order valence-electron chi connectivity index (χ3n) is 4.59. The van der Waals surface area contributed by atoms with Crippen molar-refractivity contribution < 1.29 is 19.1 Å². The van der Waals surface area contributed by atoms with Crippen LogP contribution in [0.25, 0.3) is 0 Å². The van der Waals surface area contributed by atoms with Crippen LogP contribution in [0.4, 0.5) is 5.69 Å². The molecule has 7 nitrogen and oxygen atoms in total. The minimum Gasteiger partial charge on any atom is -0.492 e. The van der Waals surface area contributed by atoms with Gasteiger partial charge in [0.05, 0.1) is 35.5 Å². The molecule has 1 aliphatic heterocycles. The van der Waals surface area contributed by atoms with E-state index in [9.17, 15) is 9.59 Å². The van der Waals surface area contributed by atoms with Gasteiger partial charge in [-0.2, -0.15) is 0 Å². The maximum absolute atomic E-state index is 12.9. The Bertz CT molecular complexity index is 964. The molecular formula is C22H24BrN3O4S. The maximum atomic E-state index is 12.9. The van der Waals surface area contributed by atoms with E-state index < -0.39 is 0 Å². The highest BCUT2D eigenvalue weighted by Crippen LogP contribution is 2.26. The molecule has 2 aromatic rings. The lowest BCUT2D eigenvalue weighted by molar-refractivity contribution is 0.0303. The fourth-order valence-electron chi connectivity index (χ4n) is 3.02. The molecule has 1 heterocycles. The summed E-state index contributed by atoms with van der Waals surface area (Å²) in [5, 5.41) is 5.73. The van der Waals surface area contributed by atoms with Gasteiger partial charge in [0.1, 0.15) is 5.75 Å². The number of nitrogens with one attached hydrogen (secondary N) is 2. The number of ether oxygens (including phenoxy) is 2. The Balaban J connectivity index is 1.65. The quantitative estimate of drug-likeness (QED) is 0.580. The number of anilines is 1. The van der Waals surface area contributed by atoms with Crippen LogP contribution in [-0.4, -0.2) is 54.7 Å². The number of benzene rings is 2. The zero-order valence-electron chi connectivity index (χ0n) is 17.2. The van der Waals surface area contributed by atoms with E-state index in [0.29, 0.717) is 59.9 Å². The molecule has 0 radical (unpaired) electrons. The van der Waals surface area contributed by atoms with Gasteiger partial charge in [-0.05, 0) is 64.9 Å². The molecule has 0 atom stereocenters. The monoisotopic (exact) mass is 505 g/mol. The molecular weight excluding hydrogens is 482 g/mol. The van der Waals surface area contributed by atoms with Crippen molar-refractivity contribution in [2.75, 3.05) is 38.2 Å². The number of thiocarbonyl (C=S) groups is 1. The van der Waals surface area contributed by atoms with Gasteiger partial charge in [-0.1, -0.05) is 19.1 Å². The molecule has 0 bridgehead atoms. The van der Waals surface area contributed by atoms with Crippen LogP contribution in [0, 0.1) is 0 Å². The van der Waals surface area contributed by atoms with Crippen molar-refractivity contribution in [3.05, 3.63) is 58.1 Å². The van der Waals surface area contributed by atoms with Crippen molar-refractivity contribution in [2.45, 2.75) is 13.3 Å². The number of halogens is 1. The second kappa shape index (κ2) is 11.2. The van der Waals surface area contributed by atoms with Crippen molar-refractivity contribution in [3.63, 3.8) is 0 Å². The molecule has 0 spiro atoms. The van der Waals surface area contributed by atoms with E-state index in [4.69, 9.17) is 21.7 Å². The first-order valence-corrected chi connectivity index (χ1v) is 11.2. The second-order valence-electron chi connectivity index (χ2n) is 6.85. The largest absolute Gasteiger partial charge is 0.492 e. The van der Waals surface area contributed by atoms with Crippen LogP contribution >= 0.6 is 28.1 Å². The van der Waals surface area contributed by atoms with Gasteiger partial charge in [0.2, 0.25) is 0 Å². The summed E-state index contributed by atoms with van der Waals surface area (Å²) < 4.78 is 11.6. The normalized spacial score (nSPS) is 13.4. The molecule has 0 unspecified atom stereocenters. The van der Waals surface area contributed by atoms with Gasteiger partial charge >= 0.3 is 0 Å². The van der Waals surface area contributed by atoms with Gasteiger partial charge in [0, 0.05) is 18.7 Å². The summed E-state index contributed by atoms with van der Waals surface area (Å²) in [5.74, 6) is 0.207. The highest BCUT2D eigenvalue weighted by atomic mass is 79.9. The summed E-state index contributed by atoms with van der Waals surface area (Å²) in [7, 11) is 0. The van der Waals surface area contributed by atoms with E-state index >= 15 is 0 Å². The third kappa shape index (κ3) is 6.25. The van der Waals surface area contributed by atoms with Crippen LogP contribution in [0.1, 0.15) is 34.1 Å². The zero-order valence-corrected chi connectivity index (χ0v) is 19.6. The molecule has 2 amide bonds. The molecule has 3 rings (SSSR count). The average Bonchev–Trinajstić information content (AvgIpc) is 2.78. The molecule has 2 aromatic carbocycles. The fraction of sp³-hybridized carbons (Fsp3) is 0.318. The summed E-state index contributed by atoms with van der Waals surface area (Å²) in [6.07, 6.45) is 0.893. The van der Waals surface area contributed by atoms with Gasteiger partial charge < -0.3 is 19.7 Å². The lowest BCUT2D eigenvalue weighted by Gasteiger charge is -2.27. The van der Waals surface area contributed by atoms with Crippen LogP contribution < -0.4 is 15.4 Å². The topological polar surface area (TPSA) is 79.9 Å². The first-order valence-electron chi connectivity index (χ1n) is 10.0. The lowest BCUT2D eigenvalue weighted by Crippen LogP contribution is -2.41. The average molecular weight is 506 g/mol. The molecule has 31 heavy (non-hydrogen) atoms. The molecule has 9 heteroatoms. The fourth-order valence-corrected chi connectivity index (χ4v) is 3.71. The Morgan fingerprint density at radius 1 is 1.19 bits per heavy atom. The highest BCUT2D eigenvalue weighted by Gasteiger charge is 2.21. The van der Waals surface area contributed by atoms with Gasteiger partial charge in [-0.3, -0.25) is 14.9 Å². The number of carbonyl (C=O) groups excluding carboxylic acids is 2. The molecule has 1 fully saturated rings. The maximum Gasteiger partial charge on any atom is 0.257 e. The van der Waals surface area contributed by atoms with E-state index in [1.165, 1.54) is 0 Å². The van der Waals surface area contributed by atoms with Crippen molar-refractivity contribution in [1.29, 1.82) is 0 Å².